The smallest absolute Gasteiger partial charge is 0.410 e. The van der Waals surface area contributed by atoms with E-state index in [2.05, 4.69) is 31.3 Å². The number of rotatable bonds is 30. The van der Waals surface area contributed by atoms with Crippen LogP contribution in [0.25, 0.3) is 0 Å². The van der Waals surface area contributed by atoms with Gasteiger partial charge in [-0.3, -0.25) is 38.5 Å². The second-order valence-electron chi connectivity index (χ2n) is 27.8. The number of nitrogens with zero attached hydrogens (tertiary/aromatic N) is 3. The minimum atomic E-state index is -4.54. The number of carbonyl (C=O) groups is 9. The number of ether oxygens (including phenoxy) is 2. The van der Waals surface area contributed by atoms with Crippen molar-refractivity contribution < 1.29 is 61.0 Å². The largest absolute Gasteiger partial charge is 0.444 e. The Hall–Kier alpha value is -7.34. The molecule has 8 N–H and O–H groups in total. The molecule has 0 saturated carbocycles. The molecule has 0 unspecified atom stereocenters. The van der Waals surface area contributed by atoms with E-state index in [9.17, 15) is 51.6 Å². The van der Waals surface area contributed by atoms with E-state index in [0.717, 1.165) is 5.56 Å². The number of hydrogen-bond donors (Lipinski definition) is 7. The lowest BCUT2D eigenvalue weighted by atomic mass is 9.76. The van der Waals surface area contributed by atoms with Gasteiger partial charge in [-0.05, 0) is 93.0 Å². The summed E-state index contributed by atoms with van der Waals surface area (Å²) in [5, 5.41) is 13.6. The predicted molar refractivity (Wildman–Crippen MR) is 338 cm³/mol. The number of nitrogens with two attached hydrogens (primary N) is 1. The van der Waals surface area contributed by atoms with E-state index in [4.69, 9.17) is 15.2 Å². The van der Waals surface area contributed by atoms with Crippen LogP contribution in [0.15, 0.2) is 83.3 Å². The first-order valence-electron chi connectivity index (χ1n) is 29.8. The molecule has 2 aromatic rings. The Balaban J connectivity index is 1.78. The number of sulfonamides is 1. The van der Waals surface area contributed by atoms with Crippen molar-refractivity contribution in [1.29, 1.82) is 0 Å². The average molecular weight is 1250 g/mol. The molecule has 1 aliphatic rings. The van der Waals surface area contributed by atoms with Crippen molar-refractivity contribution in [3.8, 4) is 0 Å². The minimum Gasteiger partial charge on any atom is -0.444 e. The van der Waals surface area contributed by atoms with Crippen molar-refractivity contribution in [3.05, 3.63) is 84.0 Å². The van der Waals surface area contributed by atoms with Gasteiger partial charge in [0.1, 0.15) is 29.8 Å². The zero-order valence-electron chi connectivity index (χ0n) is 55.3. The fourth-order valence-electron chi connectivity index (χ4n) is 10.0. The molecule has 5 atom stereocenters. The molecule has 0 aromatic heterocycles. The Labute approximate surface area is 521 Å². The summed E-state index contributed by atoms with van der Waals surface area (Å²) in [6.45, 7) is 32.1. The first-order chi connectivity index (χ1) is 40.4. The maximum Gasteiger partial charge on any atom is 0.410 e. The Kier molecular flexibility index (Phi) is 26.6. The number of benzene rings is 2. The minimum absolute atomic E-state index is 0.00362. The number of likely N-dealkylation sites (N-methyl/N-ethyl adjacent to an activating group) is 2. The molecule has 23 nitrogen and oxygen atoms in total. The highest BCUT2D eigenvalue weighted by molar-refractivity contribution is 7.90. The number of carbonyl (C=O) groups excluding carboxylic acids is 9. The van der Waals surface area contributed by atoms with Crippen LogP contribution in [0, 0.1) is 28.1 Å². The third kappa shape index (κ3) is 23.0. The van der Waals surface area contributed by atoms with E-state index in [1.54, 1.807) is 66.4 Å². The molecule has 0 aliphatic carbocycles. The molecule has 0 bridgehead atoms. The molecule has 2 aromatic carbocycles. The second kappa shape index (κ2) is 31.2. The van der Waals surface area contributed by atoms with E-state index in [1.165, 1.54) is 61.2 Å². The molecule has 0 radical (unpaired) electrons. The van der Waals surface area contributed by atoms with E-state index in [0.29, 0.717) is 19.7 Å². The van der Waals surface area contributed by atoms with Gasteiger partial charge in [0, 0.05) is 68.3 Å². The van der Waals surface area contributed by atoms with Crippen molar-refractivity contribution in [2.75, 3.05) is 52.3 Å². The van der Waals surface area contributed by atoms with Crippen LogP contribution in [-0.4, -0.2) is 159 Å². The lowest BCUT2D eigenvalue weighted by molar-refractivity contribution is -0.141. The standard InChI is InChI=1S/C64H100N10O13S/c1-40(2)47(72(18)57(81)51(60(6,7)8)70-56(80)52(73(19)59(83)87-61(9,10)11)64(16,17)43-25-21-20-22-26-43)35-42(5)53(77)71-88(84,85)45-31-29-44(30-32-45)67-54(78)46(27-23-33-66-58(65)82)68-55(79)50(41(3)4)69-48(75)36-62(12,13)38-86-39-63(14,15)37-74-34-24-28-49(74)76/h20-22,24-26,28-32,35,40-41,46-47,50-52H,23,27,33-34,36-39H2,1-19H3,(H,67,78)(H,68,79)(H,69,75)(H,70,80)(H,71,77)(H3,65,66,82)/b42-35+/t46-,47+,50-,51+,52+/m0/s1. The Morgan fingerprint density at radius 2 is 1.34 bits per heavy atom. The molecule has 88 heavy (non-hydrogen) atoms. The van der Waals surface area contributed by atoms with Crippen LogP contribution in [0.4, 0.5) is 15.3 Å². The zero-order valence-corrected chi connectivity index (χ0v) is 56.1. The summed E-state index contributed by atoms with van der Waals surface area (Å²) in [6.07, 6.45) is 4.32. The Bertz CT molecular complexity index is 2960. The number of primary amides is 1. The van der Waals surface area contributed by atoms with Gasteiger partial charge in [0.05, 0.1) is 24.2 Å². The fourth-order valence-corrected chi connectivity index (χ4v) is 11.1. The monoisotopic (exact) mass is 1250 g/mol. The van der Waals surface area contributed by atoms with E-state index in [-0.39, 0.29) is 65.8 Å². The maximum atomic E-state index is 14.7. The highest BCUT2D eigenvalue weighted by Crippen LogP contribution is 2.33. The summed E-state index contributed by atoms with van der Waals surface area (Å²) >= 11 is 0. The molecule has 1 aliphatic heterocycles. The molecular weight excluding hydrogens is 1150 g/mol. The van der Waals surface area contributed by atoms with Gasteiger partial charge in [-0.1, -0.05) is 132 Å². The summed E-state index contributed by atoms with van der Waals surface area (Å²) < 4.78 is 41.3. The van der Waals surface area contributed by atoms with Gasteiger partial charge in [-0.15, -0.1) is 0 Å². The third-order valence-electron chi connectivity index (χ3n) is 14.8. The highest BCUT2D eigenvalue weighted by atomic mass is 32.2. The highest BCUT2D eigenvalue weighted by Gasteiger charge is 2.46. The molecule has 10 amide bonds. The molecule has 1 heterocycles. The van der Waals surface area contributed by atoms with Gasteiger partial charge in [0.15, 0.2) is 0 Å². The summed E-state index contributed by atoms with van der Waals surface area (Å²) in [5.74, 6) is -4.68. The van der Waals surface area contributed by atoms with Crippen LogP contribution in [-0.2, 0) is 58.5 Å². The number of anilines is 1. The molecule has 490 valence electrons. The van der Waals surface area contributed by atoms with Gasteiger partial charge in [0.2, 0.25) is 35.4 Å². The predicted octanol–water partition coefficient (Wildman–Crippen LogP) is 6.54. The second-order valence-corrected chi connectivity index (χ2v) is 29.5. The van der Waals surface area contributed by atoms with Crippen molar-refractivity contribution >= 4 is 69.2 Å². The molecule has 3 rings (SSSR count). The van der Waals surface area contributed by atoms with E-state index < -0.39 is 116 Å². The Morgan fingerprint density at radius 3 is 1.86 bits per heavy atom. The topological polar surface area (TPSA) is 314 Å². The van der Waals surface area contributed by atoms with Crippen LogP contribution in [0.3, 0.4) is 0 Å². The van der Waals surface area contributed by atoms with Crippen LogP contribution in [0.1, 0.15) is 143 Å². The maximum absolute atomic E-state index is 14.7. The van der Waals surface area contributed by atoms with Crippen molar-refractivity contribution in [2.24, 2.45) is 33.8 Å². The summed E-state index contributed by atoms with van der Waals surface area (Å²) in [6, 6.07) is 7.96. The summed E-state index contributed by atoms with van der Waals surface area (Å²) in [4.78, 5) is 126. The molecular formula is C64H100N10O13S. The van der Waals surface area contributed by atoms with Gasteiger partial charge >= 0.3 is 12.1 Å². The van der Waals surface area contributed by atoms with Gasteiger partial charge in [0.25, 0.3) is 15.9 Å². The third-order valence-corrected chi connectivity index (χ3v) is 16.2. The lowest BCUT2D eigenvalue weighted by Crippen LogP contribution is -2.63. The number of hydrogen-bond acceptors (Lipinski definition) is 13. The van der Waals surface area contributed by atoms with Crippen LogP contribution < -0.4 is 37.0 Å². The molecule has 24 heteroatoms. The average Bonchev–Trinajstić information content (AvgIpc) is 1.26. The zero-order chi connectivity index (χ0) is 67.1. The quantitative estimate of drug-likeness (QED) is 0.0323. The molecule has 0 saturated heterocycles. The van der Waals surface area contributed by atoms with Gasteiger partial charge < -0.3 is 51.6 Å². The van der Waals surface area contributed by atoms with Crippen LogP contribution >= 0.6 is 0 Å². The number of urea groups is 1. The first kappa shape index (κ1) is 74.9. The molecule has 0 spiro atoms. The number of nitrogens with one attached hydrogen (secondary N) is 6. The van der Waals surface area contributed by atoms with Crippen molar-refractivity contribution in [2.45, 2.75) is 183 Å². The van der Waals surface area contributed by atoms with Crippen molar-refractivity contribution in [3.63, 3.8) is 0 Å². The normalized spacial score (nSPS) is 15.1. The molecule has 0 fully saturated rings. The van der Waals surface area contributed by atoms with E-state index in [1.807, 2.05) is 91.8 Å². The van der Waals surface area contributed by atoms with Crippen molar-refractivity contribution in [1.82, 2.24) is 40.7 Å². The summed E-state index contributed by atoms with van der Waals surface area (Å²) in [7, 11) is -1.53. The summed E-state index contributed by atoms with van der Waals surface area (Å²) in [5.41, 5.74) is 2.35. The van der Waals surface area contributed by atoms with Gasteiger partial charge in [-0.2, -0.15) is 0 Å². The first-order valence-corrected chi connectivity index (χ1v) is 31.3. The van der Waals surface area contributed by atoms with Gasteiger partial charge in [-0.25, -0.2) is 22.7 Å². The lowest BCUT2D eigenvalue weighted by Gasteiger charge is -2.42. The number of amides is 10. The SMILES string of the molecule is C/C(=C\[C@H](C(C)C)N(C)C(=O)[C@@H](NC(=O)[C@@H](N(C)C(=O)OC(C)(C)C)C(C)(C)c1ccccc1)C(C)(C)C)C(=O)NS(=O)(=O)c1ccc(NC(=O)[C@H](CCCNC(N)=O)NC(=O)[C@@H](NC(=O)CC(C)(C)COCC(C)(C)CN2CC=CC2=O)C(C)C)cc1. The van der Waals surface area contributed by atoms with E-state index >= 15 is 0 Å². The fraction of sp³-hybridized carbons (Fsp3) is 0.609. The van der Waals surface area contributed by atoms with Crippen LogP contribution in [0.5, 0.6) is 0 Å². The Morgan fingerprint density at radius 1 is 0.750 bits per heavy atom. The van der Waals surface area contributed by atoms with Crippen LogP contribution in [0.2, 0.25) is 0 Å².